The quantitative estimate of drug-likeness (QED) is 0.445. The Kier molecular flexibility index (Phi) is 4.09. The van der Waals surface area contributed by atoms with E-state index in [-0.39, 0.29) is 5.78 Å². The fourth-order valence-electron chi connectivity index (χ4n) is 3.64. The average molecular weight is 381 g/mol. The molecule has 2 N–H and O–H groups in total. The molecule has 2 aromatic heterocycles. The maximum atomic E-state index is 13.3. The monoisotopic (exact) mass is 381 g/mol. The molecule has 0 aliphatic heterocycles. The lowest BCUT2D eigenvalue weighted by Gasteiger charge is -2.11. The van der Waals surface area contributed by atoms with Crippen molar-refractivity contribution >= 4 is 33.3 Å². The van der Waals surface area contributed by atoms with E-state index in [2.05, 4.69) is 26.7 Å². The van der Waals surface area contributed by atoms with Gasteiger partial charge in [-0.05, 0) is 35.9 Å². The van der Waals surface area contributed by atoms with Crippen LogP contribution in [-0.4, -0.2) is 25.8 Å². The van der Waals surface area contributed by atoms with Crippen molar-refractivity contribution < 1.29 is 4.79 Å². The largest absolute Gasteiger partial charge is 0.380 e. The number of rotatable bonds is 5. The molecule has 0 amide bonds. The molecule has 0 spiro atoms. The van der Waals surface area contributed by atoms with Gasteiger partial charge in [-0.2, -0.15) is 10.2 Å². The van der Waals surface area contributed by atoms with Gasteiger partial charge in [0.25, 0.3) is 0 Å². The van der Waals surface area contributed by atoms with Crippen LogP contribution in [0.2, 0.25) is 0 Å². The van der Waals surface area contributed by atoms with Crippen molar-refractivity contribution in [2.75, 3.05) is 5.32 Å². The van der Waals surface area contributed by atoms with Crippen LogP contribution in [0, 0.1) is 0 Å². The zero-order chi connectivity index (χ0) is 19.8. The number of hydrogen-bond acceptors (Lipinski definition) is 4. The fraction of sp³-hybridized carbons (Fsp3) is 0.0870. The number of carbonyl (C=O) groups is 1. The molecule has 6 heteroatoms. The van der Waals surface area contributed by atoms with Gasteiger partial charge in [-0.3, -0.25) is 14.6 Å². The first-order valence-corrected chi connectivity index (χ1v) is 9.42. The summed E-state index contributed by atoms with van der Waals surface area (Å²) in [6.45, 7) is 0.606. The zero-order valence-corrected chi connectivity index (χ0v) is 15.9. The predicted molar refractivity (Wildman–Crippen MR) is 114 cm³/mol. The minimum Gasteiger partial charge on any atom is -0.380 e. The maximum Gasteiger partial charge on any atom is 0.215 e. The summed E-state index contributed by atoms with van der Waals surface area (Å²) < 4.78 is 1.75. The molecule has 0 unspecified atom stereocenters. The highest BCUT2D eigenvalue weighted by Gasteiger charge is 2.20. The number of para-hydroxylation sites is 2. The molecule has 0 atom stereocenters. The highest BCUT2D eigenvalue weighted by Crippen LogP contribution is 2.25. The van der Waals surface area contributed by atoms with Crippen molar-refractivity contribution in [3.8, 4) is 0 Å². The molecular formula is C23H19N5O. The third-order valence-electron chi connectivity index (χ3n) is 5.13. The summed E-state index contributed by atoms with van der Waals surface area (Å²) in [5, 5.41) is 16.8. The number of benzene rings is 3. The van der Waals surface area contributed by atoms with Crippen LogP contribution < -0.4 is 5.32 Å². The first kappa shape index (κ1) is 17.2. The highest BCUT2D eigenvalue weighted by atomic mass is 16.1. The van der Waals surface area contributed by atoms with Gasteiger partial charge in [0.2, 0.25) is 5.78 Å². The fourth-order valence-corrected chi connectivity index (χ4v) is 3.64. The summed E-state index contributed by atoms with van der Waals surface area (Å²) in [6, 6.07) is 21.5. The van der Waals surface area contributed by atoms with Crippen molar-refractivity contribution in [1.29, 1.82) is 0 Å². The van der Waals surface area contributed by atoms with Crippen molar-refractivity contribution in [3.05, 3.63) is 89.7 Å². The second-order valence-electron chi connectivity index (χ2n) is 7.01. The Morgan fingerprint density at radius 1 is 1.07 bits per heavy atom. The number of nitrogens with zero attached hydrogens (tertiary/aromatic N) is 3. The van der Waals surface area contributed by atoms with E-state index < -0.39 is 0 Å². The standard InChI is InChI=1S/C23H19N5O/c1-28-21-9-5-3-7-18(21)22(27-28)23(29)17-6-2-4-8-20(17)24-13-15-10-11-19-16(12-15)14-25-26-19/h2-12,14,24H,13H2,1H3,(H,25,26). The van der Waals surface area contributed by atoms with Gasteiger partial charge in [0.05, 0.1) is 17.2 Å². The minimum atomic E-state index is -0.0878. The summed E-state index contributed by atoms with van der Waals surface area (Å²) in [7, 11) is 1.86. The summed E-state index contributed by atoms with van der Waals surface area (Å²) in [5.41, 5.74) is 4.93. The molecule has 0 aliphatic carbocycles. The summed E-state index contributed by atoms with van der Waals surface area (Å²) >= 11 is 0. The van der Waals surface area contributed by atoms with Gasteiger partial charge in [0.15, 0.2) is 0 Å². The van der Waals surface area contributed by atoms with Gasteiger partial charge in [-0.25, -0.2) is 0 Å². The molecule has 5 aromatic rings. The number of ketones is 1. The molecule has 0 fully saturated rings. The number of nitrogens with one attached hydrogen (secondary N) is 2. The number of hydrogen-bond donors (Lipinski definition) is 2. The van der Waals surface area contributed by atoms with Crippen LogP contribution in [0.1, 0.15) is 21.6 Å². The second-order valence-corrected chi connectivity index (χ2v) is 7.01. The van der Waals surface area contributed by atoms with E-state index in [0.29, 0.717) is 17.8 Å². The minimum absolute atomic E-state index is 0.0878. The van der Waals surface area contributed by atoms with Gasteiger partial charge < -0.3 is 5.32 Å². The van der Waals surface area contributed by atoms with Crippen molar-refractivity contribution in [3.63, 3.8) is 0 Å². The molecule has 142 valence electrons. The van der Waals surface area contributed by atoms with Crippen LogP contribution in [0.25, 0.3) is 21.8 Å². The number of H-pyrrole nitrogens is 1. The van der Waals surface area contributed by atoms with Crippen molar-refractivity contribution in [2.24, 2.45) is 7.05 Å². The molecule has 0 saturated carbocycles. The van der Waals surface area contributed by atoms with Crippen LogP contribution in [-0.2, 0) is 13.6 Å². The molecule has 5 rings (SSSR count). The van der Waals surface area contributed by atoms with E-state index in [1.54, 1.807) is 4.68 Å². The van der Waals surface area contributed by atoms with Gasteiger partial charge in [0.1, 0.15) is 5.69 Å². The molecule has 0 bridgehead atoms. The Balaban J connectivity index is 1.46. The molecule has 0 aliphatic rings. The molecule has 3 aromatic carbocycles. The molecule has 0 saturated heterocycles. The Morgan fingerprint density at radius 2 is 1.90 bits per heavy atom. The molecule has 0 radical (unpaired) electrons. The van der Waals surface area contributed by atoms with Crippen LogP contribution in [0.15, 0.2) is 72.9 Å². The number of carbonyl (C=O) groups excluding carboxylic acids is 1. The average Bonchev–Trinajstić information content (AvgIpc) is 3.36. The Hall–Kier alpha value is -3.93. The lowest BCUT2D eigenvalue weighted by atomic mass is 10.0. The number of aryl methyl sites for hydroxylation is 1. The van der Waals surface area contributed by atoms with E-state index >= 15 is 0 Å². The summed E-state index contributed by atoms with van der Waals surface area (Å²) in [4.78, 5) is 13.3. The third kappa shape index (κ3) is 3.04. The Bertz CT molecular complexity index is 1350. The van der Waals surface area contributed by atoms with Gasteiger partial charge >= 0.3 is 0 Å². The third-order valence-corrected chi connectivity index (χ3v) is 5.13. The van der Waals surface area contributed by atoms with Gasteiger partial charge in [-0.15, -0.1) is 0 Å². The predicted octanol–water partition coefficient (Wildman–Crippen LogP) is 4.29. The lowest BCUT2D eigenvalue weighted by Crippen LogP contribution is -2.09. The topological polar surface area (TPSA) is 75.6 Å². The van der Waals surface area contributed by atoms with E-state index in [1.807, 2.05) is 73.9 Å². The normalized spacial score (nSPS) is 11.2. The first-order valence-electron chi connectivity index (χ1n) is 9.42. The number of anilines is 1. The second kappa shape index (κ2) is 6.91. The molecule has 29 heavy (non-hydrogen) atoms. The molecular weight excluding hydrogens is 362 g/mol. The van der Waals surface area contributed by atoms with Gasteiger partial charge in [-0.1, -0.05) is 36.4 Å². The molecule has 2 heterocycles. The number of aromatic nitrogens is 4. The smallest absolute Gasteiger partial charge is 0.215 e. The van der Waals surface area contributed by atoms with E-state index in [1.165, 1.54) is 0 Å². The van der Waals surface area contributed by atoms with E-state index in [9.17, 15) is 4.79 Å². The summed E-state index contributed by atoms with van der Waals surface area (Å²) in [6.07, 6.45) is 1.81. The number of aromatic amines is 1. The Labute approximate surface area is 167 Å². The number of fused-ring (bicyclic) bond motifs is 2. The highest BCUT2D eigenvalue weighted by molar-refractivity contribution is 6.17. The van der Waals surface area contributed by atoms with Crippen molar-refractivity contribution in [2.45, 2.75) is 6.54 Å². The lowest BCUT2D eigenvalue weighted by molar-refractivity contribution is 0.103. The molecule has 6 nitrogen and oxygen atoms in total. The first-order chi connectivity index (χ1) is 14.2. The Morgan fingerprint density at radius 3 is 2.83 bits per heavy atom. The van der Waals surface area contributed by atoms with Crippen LogP contribution in [0.3, 0.4) is 0 Å². The maximum absolute atomic E-state index is 13.3. The van der Waals surface area contributed by atoms with Crippen LogP contribution >= 0.6 is 0 Å². The van der Waals surface area contributed by atoms with E-state index in [0.717, 1.165) is 33.1 Å². The van der Waals surface area contributed by atoms with Gasteiger partial charge in [0, 0.05) is 35.6 Å². The summed E-state index contributed by atoms with van der Waals surface area (Å²) in [5.74, 6) is -0.0878. The van der Waals surface area contributed by atoms with Crippen LogP contribution in [0.4, 0.5) is 5.69 Å². The van der Waals surface area contributed by atoms with E-state index in [4.69, 9.17) is 0 Å². The van der Waals surface area contributed by atoms with Crippen molar-refractivity contribution in [1.82, 2.24) is 20.0 Å². The van der Waals surface area contributed by atoms with Crippen LogP contribution in [0.5, 0.6) is 0 Å². The SMILES string of the molecule is Cn1nc(C(=O)c2ccccc2NCc2ccc3[nH]ncc3c2)c2ccccc21. The zero-order valence-electron chi connectivity index (χ0n) is 15.9.